The molecule has 6 nitrogen and oxygen atoms in total. The van der Waals surface area contributed by atoms with Crippen LogP contribution in [0, 0.1) is 0 Å². The van der Waals surface area contributed by atoms with Crippen molar-refractivity contribution in [3.05, 3.63) is 24.5 Å². The van der Waals surface area contributed by atoms with Crippen molar-refractivity contribution < 1.29 is 31.1 Å². The molecule has 0 aliphatic carbocycles. The molecule has 0 bridgehead atoms. The Morgan fingerprint density at radius 1 is 1.17 bits per heavy atom. The van der Waals surface area contributed by atoms with E-state index in [2.05, 4.69) is 24.8 Å². The average Bonchev–Trinajstić information content (AvgIpc) is 3.05. The van der Waals surface area contributed by atoms with E-state index in [-0.39, 0.29) is 23.7 Å². The highest BCUT2D eigenvalue weighted by atomic mass is 19.4. The fourth-order valence-corrected chi connectivity index (χ4v) is 1.81. The topological polar surface area (TPSA) is 65.7 Å². The number of ether oxygens (including phenoxy) is 1. The molecule has 0 aliphatic rings. The number of hydrogen-bond donors (Lipinski definition) is 0. The molecule has 0 N–H and O–H groups in total. The Morgan fingerprint density at radius 3 is 2.42 bits per heavy atom. The summed E-state index contributed by atoms with van der Waals surface area (Å²) in [5.41, 5.74) is 0.209. The van der Waals surface area contributed by atoms with Gasteiger partial charge in [0.25, 0.3) is 6.17 Å². The molecule has 132 valence electrons. The van der Waals surface area contributed by atoms with E-state index in [1.807, 2.05) is 0 Å². The fraction of sp³-hybridized carbons (Fsp3) is 0.500. The zero-order valence-corrected chi connectivity index (χ0v) is 12.1. The lowest BCUT2D eigenvalue weighted by Crippen LogP contribution is -2.45. The first-order valence-corrected chi connectivity index (χ1v) is 6.57. The van der Waals surface area contributed by atoms with Gasteiger partial charge in [-0.15, -0.1) is 0 Å². The van der Waals surface area contributed by atoms with Crippen LogP contribution in [0.3, 0.4) is 0 Å². The summed E-state index contributed by atoms with van der Waals surface area (Å²) in [6.07, 6.45) is -6.39. The Hall–Kier alpha value is -2.40. The van der Waals surface area contributed by atoms with Crippen molar-refractivity contribution in [2.75, 3.05) is 6.61 Å². The van der Waals surface area contributed by atoms with Crippen LogP contribution < -0.4 is 4.74 Å². The minimum atomic E-state index is -5.70. The Labute approximate surface area is 131 Å². The SMILES string of the molecule is CCc1c(OCC(F)(F)C(F)C(F)(F)F)ncnc1-n1cncn1. The second-order valence-corrected chi connectivity index (χ2v) is 4.63. The van der Waals surface area contributed by atoms with Crippen molar-refractivity contribution in [1.29, 1.82) is 0 Å². The summed E-state index contributed by atoms with van der Waals surface area (Å²) in [5.74, 6) is -4.98. The summed E-state index contributed by atoms with van der Waals surface area (Å²) < 4.78 is 81.7. The molecule has 0 radical (unpaired) electrons. The highest BCUT2D eigenvalue weighted by molar-refractivity contribution is 5.39. The largest absolute Gasteiger partial charge is 0.471 e. The van der Waals surface area contributed by atoms with Crippen LogP contribution in [0.15, 0.2) is 19.0 Å². The van der Waals surface area contributed by atoms with E-state index in [0.717, 1.165) is 6.33 Å². The van der Waals surface area contributed by atoms with Crippen LogP contribution in [0.1, 0.15) is 12.5 Å². The number of rotatable bonds is 6. The first-order valence-electron chi connectivity index (χ1n) is 6.57. The number of hydrogen-bond acceptors (Lipinski definition) is 5. The quantitative estimate of drug-likeness (QED) is 0.745. The third-order valence-electron chi connectivity index (χ3n) is 2.93. The second-order valence-electron chi connectivity index (χ2n) is 4.63. The van der Waals surface area contributed by atoms with E-state index in [9.17, 15) is 26.3 Å². The van der Waals surface area contributed by atoms with E-state index < -0.39 is 24.9 Å². The summed E-state index contributed by atoms with van der Waals surface area (Å²) in [4.78, 5) is 11.2. The molecule has 2 rings (SSSR count). The van der Waals surface area contributed by atoms with Crippen LogP contribution in [0.4, 0.5) is 26.3 Å². The van der Waals surface area contributed by atoms with E-state index in [1.54, 1.807) is 6.92 Å². The normalized spacial score (nSPS) is 13.8. The lowest BCUT2D eigenvalue weighted by Gasteiger charge is -2.23. The maximum atomic E-state index is 13.3. The lowest BCUT2D eigenvalue weighted by atomic mass is 10.2. The summed E-state index contributed by atoms with van der Waals surface area (Å²) in [7, 11) is 0. The Morgan fingerprint density at radius 2 is 1.88 bits per heavy atom. The minimum absolute atomic E-state index is 0.163. The van der Waals surface area contributed by atoms with Crippen molar-refractivity contribution in [3.8, 4) is 11.7 Å². The number of alkyl halides is 6. The van der Waals surface area contributed by atoms with E-state index in [0.29, 0.717) is 0 Å². The van der Waals surface area contributed by atoms with Crippen LogP contribution in [-0.4, -0.2) is 49.6 Å². The van der Waals surface area contributed by atoms with Gasteiger partial charge in [-0.1, -0.05) is 6.92 Å². The first-order chi connectivity index (χ1) is 11.2. The molecule has 1 unspecified atom stereocenters. The number of aromatic nitrogens is 5. The molecule has 1 atom stereocenters. The van der Waals surface area contributed by atoms with Crippen LogP contribution in [0.2, 0.25) is 0 Å². The van der Waals surface area contributed by atoms with E-state index in [4.69, 9.17) is 0 Å². The predicted octanol–water partition coefficient (Wildman–Crippen LogP) is 2.53. The van der Waals surface area contributed by atoms with Gasteiger partial charge in [-0.2, -0.15) is 27.1 Å². The highest BCUT2D eigenvalue weighted by Gasteiger charge is 2.57. The molecule has 12 heteroatoms. The lowest BCUT2D eigenvalue weighted by molar-refractivity contribution is -0.250. The van der Waals surface area contributed by atoms with Gasteiger partial charge in [0.1, 0.15) is 19.0 Å². The predicted molar refractivity (Wildman–Crippen MR) is 67.7 cm³/mol. The van der Waals surface area contributed by atoms with Gasteiger partial charge in [0, 0.05) is 0 Å². The molecule has 0 saturated carbocycles. The van der Waals surface area contributed by atoms with Crippen LogP contribution in [0.25, 0.3) is 5.82 Å². The van der Waals surface area contributed by atoms with Gasteiger partial charge in [0.15, 0.2) is 12.4 Å². The van der Waals surface area contributed by atoms with Crippen molar-refractivity contribution in [1.82, 2.24) is 24.7 Å². The molecule has 0 fully saturated rings. The maximum Gasteiger partial charge on any atom is 0.425 e. The number of nitrogens with zero attached hydrogens (tertiary/aromatic N) is 5. The molecule has 0 saturated heterocycles. The van der Waals surface area contributed by atoms with Crippen LogP contribution in [0.5, 0.6) is 5.88 Å². The summed E-state index contributed by atoms with van der Waals surface area (Å²) in [5, 5.41) is 3.81. The standard InChI is InChI=1S/C12H11F6N5O/c1-2-7-8(23-6-19-4-22-23)20-5-21-9(7)24-3-11(14,15)10(13)12(16,17)18/h4-6,10H,2-3H2,1H3. The Kier molecular flexibility index (Phi) is 4.94. The second kappa shape index (κ2) is 6.61. The zero-order valence-electron chi connectivity index (χ0n) is 12.1. The minimum Gasteiger partial charge on any atom is -0.471 e. The van der Waals surface area contributed by atoms with Gasteiger partial charge >= 0.3 is 12.1 Å². The number of halogens is 6. The zero-order chi connectivity index (χ0) is 18.0. The van der Waals surface area contributed by atoms with Gasteiger partial charge in [-0.05, 0) is 6.42 Å². The van der Waals surface area contributed by atoms with Crippen molar-refractivity contribution in [3.63, 3.8) is 0 Å². The maximum absolute atomic E-state index is 13.3. The third kappa shape index (κ3) is 3.74. The van der Waals surface area contributed by atoms with Gasteiger partial charge in [-0.25, -0.2) is 24.0 Å². The molecule has 2 heterocycles. The highest BCUT2D eigenvalue weighted by Crippen LogP contribution is 2.35. The average molecular weight is 355 g/mol. The van der Waals surface area contributed by atoms with Crippen molar-refractivity contribution >= 4 is 0 Å². The molecule has 2 aromatic heterocycles. The van der Waals surface area contributed by atoms with E-state index in [1.165, 1.54) is 17.3 Å². The summed E-state index contributed by atoms with van der Waals surface area (Å²) in [6, 6.07) is 0. The Balaban J connectivity index is 2.23. The molecule has 0 aliphatic heterocycles. The van der Waals surface area contributed by atoms with Crippen molar-refractivity contribution in [2.24, 2.45) is 0 Å². The molecule has 0 amide bonds. The fourth-order valence-electron chi connectivity index (χ4n) is 1.81. The van der Waals surface area contributed by atoms with Gasteiger partial charge in [0.05, 0.1) is 5.56 Å². The Bertz CT molecular complexity index is 675. The monoisotopic (exact) mass is 355 g/mol. The van der Waals surface area contributed by atoms with Crippen molar-refractivity contribution in [2.45, 2.75) is 31.6 Å². The molecular weight excluding hydrogens is 344 g/mol. The molecular formula is C12H11F6N5O. The summed E-state index contributed by atoms with van der Waals surface area (Å²) >= 11 is 0. The van der Waals surface area contributed by atoms with Gasteiger partial charge < -0.3 is 4.74 Å². The summed E-state index contributed by atoms with van der Waals surface area (Å²) in [6.45, 7) is -0.202. The van der Waals surface area contributed by atoms with Crippen LogP contribution >= 0.6 is 0 Å². The molecule has 24 heavy (non-hydrogen) atoms. The molecule has 0 spiro atoms. The van der Waals surface area contributed by atoms with Crippen LogP contribution in [-0.2, 0) is 6.42 Å². The van der Waals surface area contributed by atoms with Gasteiger partial charge in [-0.3, -0.25) is 0 Å². The molecule has 0 aromatic carbocycles. The first kappa shape index (κ1) is 17.9. The van der Waals surface area contributed by atoms with E-state index >= 15 is 0 Å². The molecule has 2 aromatic rings. The smallest absolute Gasteiger partial charge is 0.425 e. The third-order valence-corrected chi connectivity index (χ3v) is 2.93. The van der Waals surface area contributed by atoms with Gasteiger partial charge in [0.2, 0.25) is 5.88 Å².